The third kappa shape index (κ3) is 4.98. The number of amides is 2. The molecule has 1 aromatic heterocycles. The van der Waals surface area contributed by atoms with Gasteiger partial charge in [-0.1, -0.05) is 23.8 Å². The smallest absolute Gasteiger partial charge is 0.293 e. The first-order valence-corrected chi connectivity index (χ1v) is 10.9. The third-order valence-electron chi connectivity index (χ3n) is 4.99. The van der Waals surface area contributed by atoms with Gasteiger partial charge in [0.2, 0.25) is 0 Å². The van der Waals surface area contributed by atoms with Crippen molar-refractivity contribution in [2.45, 2.75) is 13.8 Å². The summed E-state index contributed by atoms with van der Waals surface area (Å²) in [5.41, 5.74) is 2.14. The molecule has 2 amide bonds. The van der Waals surface area contributed by atoms with Crippen molar-refractivity contribution in [3.8, 4) is 17.1 Å². The third-order valence-corrected chi connectivity index (χ3v) is 5.90. The van der Waals surface area contributed by atoms with Gasteiger partial charge in [-0.05, 0) is 61.5 Å². The van der Waals surface area contributed by atoms with E-state index in [0.717, 1.165) is 27.8 Å². The quantitative estimate of drug-likeness (QED) is 0.255. The van der Waals surface area contributed by atoms with Crippen molar-refractivity contribution in [2.75, 3.05) is 13.2 Å². The molecule has 0 N–H and O–H groups in total. The molecule has 1 fully saturated rings. The summed E-state index contributed by atoms with van der Waals surface area (Å²) < 4.78 is 11.3. The van der Waals surface area contributed by atoms with Gasteiger partial charge in [-0.3, -0.25) is 24.6 Å². The van der Waals surface area contributed by atoms with Crippen LogP contribution in [0.25, 0.3) is 17.4 Å². The SMILES string of the molecule is Cc1ccc(OCCN2C(=O)S/C(=C\c3ccc(-c4ccc(C)cc4[N+](=O)[O-])o3)C2=O)cc1. The van der Waals surface area contributed by atoms with Crippen LogP contribution in [0.4, 0.5) is 10.5 Å². The van der Waals surface area contributed by atoms with Crippen molar-refractivity contribution in [3.05, 3.63) is 86.5 Å². The van der Waals surface area contributed by atoms with Crippen LogP contribution in [0.1, 0.15) is 16.9 Å². The highest BCUT2D eigenvalue weighted by atomic mass is 32.2. The van der Waals surface area contributed by atoms with E-state index in [0.29, 0.717) is 22.8 Å². The molecule has 1 aliphatic heterocycles. The molecule has 8 nitrogen and oxygen atoms in total. The van der Waals surface area contributed by atoms with Crippen molar-refractivity contribution in [2.24, 2.45) is 0 Å². The normalized spacial score (nSPS) is 14.8. The Labute approximate surface area is 194 Å². The molecular formula is C24H20N2O6S. The molecule has 0 aliphatic carbocycles. The lowest BCUT2D eigenvalue weighted by molar-refractivity contribution is -0.384. The van der Waals surface area contributed by atoms with E-state index in [-0.39, 0.29) is 29.0 Å². The lowest BCUT2D eigenvalue weighted by Crippen LogP contribution is -2.32. The molecule has 1 aliphatic rings. The van der Waals surface area contributed by atoms with E-state index in [1.54, 1.807) is 31.2 Å². The average molecular weight is 464 g/mol. The van der Waals surface area contributed by atoms with Crippen molar-refractivity contribution in [1.29, 1.82) is 0 Å². The molecule has 2 heterocycles. The van der Waals surface area contributed by atoms with Crippen LogP contribution in [0.3, 0.4) is 0 Å². The Kier molecular flexibility index (Phi) is 6.32. The first-order valence-electron chi connectivity index (χ1n) is 10.1. The van der Waals surface area contributed by atoms with Gasteiger partial charge in [0.05, 0.1) is 21.9 Å². The number of thioether (sulfide) groups is 1. The van der Waals surface area contributed by atoms with E-state index in [1.165, 1.54) is 12.1 Å². The Morgan fingerprint density at radius 3 is 2.52 bits per heavy atom. The van der Waals surface area contributed by atoms with Crippen LogP contribution >= 0.6 is 11.8 Å². The summed E-state index contributed by atoms with van der Waals surface area (Å²) in [4.78, 5) is 37.3. The number of benzene rings is 2. The highest BCUT2D eigenvalue weighted by Crippen LogP contribution is 2.35. The van der Waals surface area contributed by atoms with E-state index in [1.807, 2.05) is 31.2 Å². The predicted octanol–water partition coefficient (Wildman–Crippen LogP) is 5.59. The van der Waals surface area contributed by atoms with E-state index in [9.17, 15) is 19.7 Å². The molecule has 9 heteroatoms. The summed E-state index contributed by atoms with van der Waals surface area (Å²) in [7, 11) is 0. The zero-order valence-corrected chi connectivity index (χ0v) is 18.8. The highest BCUT2D eigenvalue weighted by Gasteiger charge is 2.35. The number of hydrogen-bond donors (Lipinski definition) is 0. The molecule has 0 spiro atoms. The fourth-order valence-electron chi connectivity index (χ4n) is 3.29. The van der Waals surface area contributed by atoms with Gasteiger partial charge in [0.1, 0.15) is 23.9 Å². The summed E-state index contributed by atoms with van der Waals surface area (Å²) in [6.45, 7) is 4.04. The molecule has 0 bridgehead atoms. The maximum Gasteiger partial charge on any atom is 0.293 e. The second kappa shape index (κ2) is 9.33. The van der Waals surface area contributed by atoms with Crippen molar-refractivity contribution >= 4 is 34.7 Å². The standard InChI is InChI=1S/C24H20N2O6S/c1-15-3-6-17(7-4-15)31-12-11-25-23(27)22(33-24(25)28)14-18-8-10-21(32-18)19-9-5-16(2)13-20(19)26(29)30/h3-10,13-14H,11-12H2,1-2H3/b22-14-. The van der Waals surface area contributed by atoms with Gasteiger partial charge in [0, 0.05) is 12.1 Å². The molecule has 0 radical (unpaired) electrons. The van der Waals surface area contributed by atoms with Gasteiger partial charge < -0.3 is 9.15 Å². The van der Waals surface area contributed by atoms with Gasteiger partial charge in [0.15, 0.2) is 0 Å². The van der Waals surface area contributed by atoms with Crippen LogP contribution in [0, 0.1) is 24.0 Å². The minimum atomic E-state index is -0.464. The topological polar surface area (TPSA) is 103 Å². The van der Waals surface area contributed by atoms with Crippen molar-refractivity contribution in [1.82, 2.24) is 4.90 Å². The number of aryl methyl sites for hydroxylation is 2. The monoisotopic (exact) mass is 464 g/mol. The Bertz CT molecular complexity index is 1260. The predicted molar refractivity (Wildman–Crippen MR) is 125 cm³/mol. The number of carbonyl (C=O) groups excluding carboxylic acids is 2. The second-order valence-electron chi connectivity index (χ2n) is 7.47. The molecule has 0 unspecified atom stereocenters. The number of furan rings is 1. The van der Waals surface area contributed by atoms with E-state index in [4.69, 9.17) is 9.15 Å². The number of nitro benzene ring substituents is 1. The molecule has 33 heavy (non-hydrogen) atoms. The lowest BCUT2D eigenvalue weighted by Gasteiger charge is -2.13. The molecule has 1 saturated heterocycles. The number of imide groups is 1. The van der Waals surface area contributed by atoms with Crippen LogP contribution in [-0.4, -0.2) is 34.1 Å². The van der Waals surface area contributed by atoms with Gasteiger partial charge >= 0.3 is 0 Å². The molecule has 2 aromatic carbocycles. The first-order chi connectivity index (χ1) is 15.8. The van der Waals surface area contributed by atoms with Crippen LogP contribution in [0.5, 0.6) is 5.75 Å². The number of rotatable bonds is 7. The maximum absolute atomic E-state index is 12.7. The minimum Gasteiger partial charge on any atom is -0.492 e. The zero-order chi connectivity index (χ0) is 23.5. The Morgan fingerprint density at radius 1 is 1.06 bits per heavy atom. The van der Waals surface area contributed by atoms with Crippen molar-refractivity contribution in [3.63, 3.8) is 0 Å². The van der Waals surface area contributed by atoms with Crippen LogP contribution in [0.2, 0.25) is 0 Å². The summed E-state index contributed by atoms with van der Waals surface area (Å²) in [5.74, 6) is 0.855. The highest BCUT2D eigenvalue weighted by molar-refractivity contribution is 8.18. The van der Waals surface area contributed by atoms with Crippen LogP contribution in [0.15, 0.2) is 63.9 Å². The summed E-state index contributed by atoms with van der Waals surface area (Å²) >= 11 is 0.815. The Hall–Kier alpha value is -3.85. The maximum atomic E-state index is 12.7. The lowest BCUT2D eigenvalue weighted by atomic mass is 10.1. The number of ether oxygens (including phenoxy) is 1. The van der Waals surface area contributed by atoms with E-state index >= 15 is 0 Å². The van der Waals surface area contributed by atoms with E-state index < -0.39 is 10.8 Å². The van der Waals surface area contributed by atoms with Gasteiger partial charge in [-0.25, -0.2) is 0 Å². The summed E-state index contributed by atoms with van der Waals surface area (Å²) in [6.07, 6.45) is 1.47. The molecule has 3 aromatic rings. The molecule has 0 atom stereocenters. The fourth-order valence-corrected chi connectivity index (χ4v) is 4.13. The largest absolute Gasteiger partial charge is 0.492 e. The number of hydrogen-bond acceptors (Lipinski definition) is 7. The first kappa shape index (κ1) is 22.3. The summed E-state index contributed by atoms with van der Waals surface area (Å²) in [6, 6.07) is 15.6. The van der Waals surface area contributed by atoms with Crippen LogP contribution < -0.4 is 4.74 Å². The zero-order valence-electron chi connectivity index (χ0n) is 17.9. The molecular weight excluding hydrogens is 444 g/mol. The Morgan fingerprint density at radius 2 is 1.79 bits per heavy atom. The average Bonchev–Trinajstić information content (AvgIpc) is 3.35. The van der Waals surface area contributed by atoms with Gasteiger partial charge in [0.25, 0.3) is 16.8 Å². The molecule has 0 saturated carbocycles. The second-order valence-corrected chi connectivity index (χ2v) is 8.47. The van der Waals surface area contributed by atoms with Gasteiger partial charge in [-0.15, -0.1) is 0 Å². The molecule has 4 rings (SSSR count). The number of nitro groups is 1. The summed E-state index contributed by atoms with van der Waals surface area (Å²) in [5, 5.41) is 11.0. The Balaban J connectivity index is 1.45. The molecule has 168 valence electrons. The van der Waals surface area contributed by atoms with Crippen LogP contribution in [-0.2, 0) is 4.79 Å². The van der Waals surface area contributed by atoms with E-state index in [2.05, 4.69) is 0 Å². The number of nitrogens with zero attached hydrogens (tertiary/aromatic N) is 2. The fraction of sp³-hybridized carbons (Fsp3) is 0.167. The van der Waals surface area contributed by atoms with Gasteiger partial charge in [-0.2, -0.15) is 0 Å². The van der Waals surface area contributed by atoms with Crippen molar-refractivity contribution < 1.29 is 23.7 Å². The minimum absolute atomic E-state index is 0.0650. The number of carbonyl (C=O) groups is 2.